The summed E-state index contributed by atoms with van der Waals surface area (Å²) in [4.78, 5) is 0. The Balaban J connectivity index is 1.86. The molecular formula is C13H17N3O2. The Hall–Kier alpha value is -1.88. The third-order valence-corrected chi connectivity index (χ3v) is 2.49. The Labute approximate surface area is 106 Å². The summed E-state index contributed by atoms with van der Waals surface area (Å²) in [7, 11) is 0. The largest absolute Gasteiger partial charge is 0.484 e. The Morgan fingerprint density at radius 2 is 1.89 bits per heavy atom. The molecule has 2 aromatic rings. The average Bonchev–Trinajstić information content (AvgIpc) is 2.84. The van der Waals surface area contributed by atoms with Crippen LogP contribution in [0.4, 0.5) is 0 Å². The molecule has 0 saturated heterocycles. The van der Waals surface area contributed by atoms with E-state index in [-0.39, 0.29) is 0 Å². The number of aryl methyl sites for hydroxylation is 2. The fourth-order valence-corrected chi connectivity index (χ4v) is 1.48. The predicted molar refractivity (Wildman–Crippen MR) is 67.2 cm³/mol. The first-order valence-electron chi connectivity index (χ1n) is 5.98. The minimum absolute atomic E-state index is 0.290. The molecule has 0 radical (unpaired) electrons. The van der Waals surface area contributed by atoms with Crippen LogP contribution in [0, 0.1) is 6.92 Å². The highest BCUT2D eigenvalue weighted by Crippen LogP contribution is 2.13. The number of ether oxygens (including phenoxy) is 1. The van der Waals surface area contributed by atoms with Crippen LogP contribution in [0.3, 0.4) is 0 Å². The highest BCUT2D eigenvalue weighted by molar-refractivity contribution is 5.26. The number of benzene rings is 1. The van der Waals surface area contributed by atoms with E-state index in [4.69, 9.17) is 14.9 Å². The van der Waals surface area contributed by atoms with Gasteiger partial charge in [-0.15, -0.1) is 10.2 Å². The van der Waals surface area contributed by atoms with E-state index in [0.29, 0.717) is 31.4 Å². The minimum atomic E-state index is 0.290. The summed E-state index contributed by atoms with van der Waals surface area (Å²) in [5.41, 5.74) is 6.61. The lowest BCUT2D eigenvalue weighted by Crippen LogP contribution is -2.00. The summed E-state index contributed by atoms with van der Waals surface area (Å²) in [6.07, 6.45) is 1.56. The summed E-state index contributed by atoms with van der Waals surface area (Å²) in [5, 5.41) is 7.85. The second-order valence-electron chi connectivity index (χ2n) is 4.08. The number of hydrogen-bond donors (Lipinski definition) is 1. The van der Waals surface area contributed by atoms with E-state index < -0.39 is 0 Å². The van der Waals surface area contributed by atoms with Gasteiger partial charge in [-0.3, -0.25) is 0 Å². The van der Waals surface area contributed by atoms with Crippen molar-refractivity contribution in [3.8, 4) is 5.75 Å². The Morgan fingerprint density at radius 3 is 2.61 bits per heavy atom. The van der Waals surface area contributed by atoms with Gasteiger partial charge < -0.3 is 14.9 Å². The summed E-state index contributed by atoms with van der Waals surface area (Å²) in [6.45, 7) is 2.95. The van der Waals surface area contributed by atoms with Gasteiger partial charge >= 0.3 is 0 Å². The molecule has 1 aromatic carbocycles. The van der Waals surface area contributed by atoms with Crippen molar-refractivity contribution >= 4 is 0 Å². The second kappa shape index (κ2) is 6.16. The molecule has 0 spiro atoms. The van der Waals surface area contributed by atoms with E-state index in [1.54, 1.807) is 0 Å². The third-order valence-electron chi connectivity index (χ3n) is 2.49. The smallest absolute Gasteiger partial charge is 0.253 e. The Morgan fingerprint density at radius 1 is 1.17 bits per heavy atom. The van der Waals surface area contributed by atoms with Crippen LogP contribution in [0.5, 0.6) is 5.75 Å². The molecule has 18 heavy (non-hydrogen) atoms. The van der Waals surface area contributed by atoms with Crippen LogP contribution < -0.4 is 10.5 Å². The molecule has 0 aliphatic heterocycles. The van der Waals surface area contributed by atoms with Gasteiger partial charge in [0.1, 0.15) is 5.75 Å². The molecule has 1 aromatic heterocycles. The maximum absolute atomic E-state index is 5.54. The summed E-state index contributed by atoms with van der Waals surface area (Å²) < 4.78 is 11.0. The lowest BCUT2D eigenvalue weighted by molar-refractivity contribution is 0.258. The average molecular weight is 247 g/mol. The monoisotopic (exact) mass is 247 g/mol. The van der Waals surface area contributed by atoms with E-state index in [0.717, 1.165) is 12.2 Å². The summed E-state index contributed by atoms with van der Waals surface area (Å²) >= 11 is 0. The van der Waals surface area contributed by atoms with E-state index in [2.05, 4.69) is 10.2 Å². The molecule has 0 unspecified atom stereocenters. The van der Waals surface area contributed by atoms with Crippen LogP contribution in [0.1, 0.15) is 23.8 Å². The molecule has 1 heterocycles. The van der Waals surface area contributed by atoms with Crippen molar-refractivity contribution in [3.05, 3.63) is 41.6 Å². The molecule has 5 heteroatoms. The molecule has 0 aliphatic rings. The van der Waals surface area contributed by atoms with Crippen molar-refractivity contribution in [1.29, 1.82) is 0 Å². The van der Waals surface area contributed by atoms with Gasteiger partial charge in [0.15, 0.2) is 6.61 Å². The topological polar surface area (TPSA) is 74.2 Å². The molecule has 0 atom stereocenters. The van der Waals surface area contributed by atoms with Crippen molar-refractivity contribution in [2.45, 2.75) is 26.4 Å². The van der Waals surface area contributed by atoms with Crippen LogP contribution in [0.2, 0.25) is 0 Å². The van der Waals surface area contributed by atoms with Gasteiger partial charge in [-0.1, -0.05) is 17.7 Å². The number of nitrogens with zero attached hydrogens (tertiary/aromatic N) is 2. The number of aromatic nitrogens is 2. The maximum atomic E-state index is 5.54. The highest BCUT2D eigenvalue weighted by Gasteiger charge is 2.06. The lowest BCUT2D eigenvalue weighted by atomic mass is 10.2. The molecule has 0 fully saturated rings. The fourth-order valence-electron chi connectivity index (χ4n) is 1.48. The Bertz CT molecular complexity index is 479. The van der Waals surface area contributed by atoms with Crippen LogP contribution in [0.25, 0.3) is 0 Å². The molecule has 0 aliphatic carbocycles. The number of hydrogen-bond acceptors (Lipinski definition) is 5. The molecule has 96 valence electrons. The van der Waals surface area contributed by atoms with Gasteiger partial charge in [-0.25, -0.2) is 0 Å². The van der Waals surface area contributed by atoms with E-state index in [1.165, 1.54) is 5.56 Å². The number of nitrogens with two attached hydrogens (primary N) is 1. The zero-order valence-electron chi connectivity index (χ0n) is 10.4. The molecule has 0 bridgehead atoms. The lowest BCUT2D eigenvalue weighted by Gasteiger charge is -2.02. The van der Waals surface area contributed by atoms with Crippen LogP contribution in [-0.2, 0) is 13.0 Å². The fraction of sp³-hybridized carbons (Fsp3) is 0.385. The zero-order chi connectivity index (χ0) is 12.8. The standard InChI is InChI=1S/C13H17N3O2/c1-10-4-6-11(7-5-10)17-9-13-16-15-12(18-13)3-2-8-14/h4-7H,2-3,8-9,14H2,1H3. The molecule has 5 nitrogen and oxygen atoms in total. The summed E-state index contributed by atoms with van der Waals surface area (Å²) in [5.74, 6) is 1.90. The van der Waals surface area contributed by atoms with Crippen LogP contribution in [-0.4, -0.2) is 16.7 Å². The highest BCUT2D eigenvalue weighted by atomic mass is 16.5. The minimum Gasteiger partial charge on any atom is -0.484 e. The van der Waals surface area contributed by atoms with Gasteiger partial charge in [-0.05, 0) is 32.0 Å². The molecule has 0 saturated carbocycles. The van der Waals surface area contributed by atoms with Gasteiger partial charge in [0, 0.05) is 6.42 Å². The second-order valence-corrected chi connectivity index (χ2v) is 4.08. The van der Waals surface area contributed by atoms with E-state index in [9.17, 15) is 0 Å². The van der Waals surface area contributed by atoms with E-state index in [1.807, 2.05) is 31.2 Å². The first-order valence-corrected chi connectivity index (χ1v) is 5.98. The summed E-state index contributed by atoms with van der Waals surface area (Å²) in [6, 6.07) is 7.83. The molecule has 0 amide bonds. The van der Waals surface area contributed by atoms with Gasteiger partial charge in [-0.2, -0.15) is 0 Å². The number of rotatable bonds is 6. The first kappa shape index (κ1) is 12.6. The molecular weight excluding hydrogens is 230 g/mol. The van der Waals surface area contributed by atoms with Crippen molar-refractivity contribution < 1.29 is 9.15 Å². The van der Waals surface area contributed by atoms with Gasteiger partial charge in [0.05, 0.1) is 0 Å². The quantitative estimate of drug-likeness (QED) is 0.843. The van der Waals surface area contributed by atoms with Crippen molar-refractivity contribution in [2.24, 2.45) is 5.73 Å². The predicted octanol–water partition coefficient (Wildman–Crippen LogP) is 1.85. The molecule has 2 N–H and O–H groups in total. The van der Waals surface area contributed by atoms with E-state index >= 15 is 0 Å². The van der Waals surface area contributed by atoms with Crippen molar-refractivity contribution in [2.75, 3.05) is 6.54 Å². The first-order chi connectivity index (χ1) is 8.78. The van der Waals surface area contributed by atoms with Crippen molar-refractivity contribution in [1.82, 2.24) is 10.2 Å². The normalized spacial score (nSPS) is 10.6. The SMILES string of the molecule is Cc1ccc(OCc2nnc(CCCN)o2)cc1. The molecule has 2 rings (SSSR count). The Kier molecular flexibility index (Phi) is 4.30. The van der Waals surface area contributed by atoms with Gasteiger partial charge in [0.25, 0.3) is 5.89 Å². The van der Waals surface area contributed by atoms with Crippen LogP contribution in [0.15, 0.2) is 28.7 Å². The maximum Gasteiger partial charge on any atom is 0.253 e. The van der Waals surface area contributed by atoms with Crippen molar-refractivity contribution in [3.63, 3.8) is 0 Å². The zero-order valence-corrected chi connectivity index (χ0v) is 10.4. The third kappa shape index (κ3) is 3.56. The van der Waals surface area contributed by atoms with Gasteiger partial charge in [0.2, 0.25) is 5.89 Å². The van der Waals surface area contributed by atoms with Crippen LogP contribution >= 0.6 is 0 Å².